The molecule has 0 aromatic heterocycles. The number of hydrogen-bond acceptors (Lipinski definition) is 3. The summed E-state index contributed by atoms with van der Waals surface area (Å²) in [5, 5.41) is 9.38. The number of nitrogens with one attached hydrogen (secondary N) is 3. The van der Waals surface area contributed by atoms with Gasteiger partial charge in [0.15, 0.2) is 0 Å². The summed E-state index contributed by atoms with van der Waals surface area (Å²) >= 11 is 5.83. The summed E-state index contributed by atoms with van der Waals surface area (Å²) in [7, 11) is 0. The number of halogens is 2. The van der Waals surface area contributed by atoms with Crippen LogP contribution in [0.3, 0.4) is 0 Å². The fraction of sp³-hybridized carbons (Fsp3) is 0.556. The first-order valence-electron chi connectivity index (χ1n) is 8.86. The molecule has 2 rings (SSSR count). The van der Waals surface area contributed by atoms with Crippen LogP contribution in [0.1, 0.15) is 31.7 Å². The zero-order valence-electron chi connectivity index (χ0n) is 15.1. The van der Waals surface area contributed by atoms with Crippen LogP contribution >= 0.6 is 24.0 Å². The van der Waals surface area contributed by atoms with E-state index in [1.54, 1.807) is 12.1 Å². The predicted octanol–water partition coefficient (Wildman–Crippen LogP) is 2.55. The predicted molar refractivity (Wildman–Crippen MR) is 107 cm³/mol. The summed E-state index contributed by atoms with van der Waals surface area (Å²) in [4.78, 5) is 26.3. The molecule has 0 bridgehead atoms. The van der Waals surface area contributed by atoms with Crippen molar-refractivity contribution in [2.24, 2.45) is 0 Å². The Kier molecular flexibility index (Phi) is 10.4. The molecule has 1 heterocycles. The summed E-state index contributed by atoms with van der Waals surface area (Å²) in [5.74, 6) is -0.0182. The molecule has 0 radical (unpaired) electrons. The van der Waals surface area contributed by atoms with Crippen LogP contribution in [-0.4, -0.2) is 49.1 Å². The summed E-state index contributed by atoms with van der Waals surface area (Å²) in [5.41, 5.74) is 0.952. The Bertz CT molecular complexity index is 563. The molecule has 0 atom stereocenters. The summed E-state index contributed by atoms with van der Waals surface area (Å²) in [6.45, 7) is 5.09. The van der Waals surface area contributed by atoms with E-state index in [-0.39, 0.29) is 36.9 Å². The largest absolute Gasteiger partial charge is 0.338 e. The van der Waals surface area contributed by atoms with Gasteiger partial charge in [0.25, 0.3) is 0 Å². The number of carbonyl (C=O) groups is 2. The van der Waals surface area contributed by atoms with Crippen molar-refractivity contribution in [1.29, 1.82) is 0 Å². The van der Waals surface area contributed by atoms with Gasteiger partial charge in [-0.3, -0.25) is 4.79 Å². The van der Waals surface area contributed by atoms with Gasteiger partial charge in [-0.05, 0) is 50.0 Å². The van der Waals surface area contributed by atoms with Crippen molar-refractivity contribution in [2.75, 3.05) is 26.2 Å². The molecule has 0 unspecified atom stereocenters. The molecule has 146 valence electrons. The van der Waals surface area contributed by atoms with Gasteiger partial charge in [-0.2, -0.15) is 0 Å². The van der Waals surface area contributed by atoms with Crippen LogP contribution in [0.25, 0.3) is 0 Å². The molecule has 1 aromatic rings. The number of carbonyl (C=O) groups excluding carboxylic acids is 2. The molecule has 6 nitrogen and oxygen atoms in total. The number of amides is 3. The van der Waals surface area contributed by atoms with E-state index in [0.29, 0.717) is 11.6 Å². The maximum atomic E-state index is 12.5. The van der Waals surface area contributed by atoms with Gasteiger partial charge in [0.2, 0.25) is 5.91 Å². The highest BCUT2D eigenvalue weighted by molar-refractivity contribution is 6.30. The van der Waals surface area contributed by atoms with E-state index in [1.807, 2.05) is 17.0 Å². The summed E-state index contributed by atoms with van der Waals surface area (Å²) in [6.07, 6.45) is 2.85. The van der Waals surface area contributed by atoms with E-state index in [1.165, 1.54) is 0 Å². The van der Waals surface area contributed by atoms with Crippen LogP contribution in [0.4, 0.5) is 4.79 Å². The van der Waals surface area contributed by atoms with Crippen molar-refractivity contribution in [3.8, 4) is 0 Å². The van der Waals surface area contributed by atoms with Gasteiger partial charge in [-0.1, -0.05) is 30.7 Å². The Labute approximate surface area is 166 Å². The van der Waals surface area contributed by atoms with E-state index in [2.05, 4.69) is 22.9 Å². The molecule has 1 aromatic carbocycles. The third-order valence-corrected chi connectivity index (χ3v) is 4.55. The summed E-state index contributed by atoms with van der Waals surface area (Å²) < 4.78 is 0. The van der Waals surface area contributed by atoms with E-state index in [9.17, 15) is 9.59 Å². The van der Waals surface area contributed by atoms with Gasteiger partial charge in [0, 0.05) is 24.2 Å². The Balaban J connectivity index is 0.00000338. The minimum absolute atomic E-state index is 0. The van der Waals surface area contributed by atoms with E-state index in [4.69, 9.17) is 11.6 Å². The Morgan fingerprint density at radius 2 is 1.85 bits per heavy atom. The zero-order valence-corrected chi connectivity index (χ0v) is 16.7. The number of urea groups is 1. The number of benzene rings is 1. The lowest BCUT2D eigenvalue weighted by Crippen LogP contribution is -2.50. The van der Waals surface area contributed by atoms with Gasteiger partial charge in [0.1, 0.15) is 0 Å². The monoisotopic (exact) mass is 402 g/mol. The van der Waals surface area contributed by atoms with Crippen LogP contribution in [0.5, 0.6) is 0 Å². The number of nitrogens with zero attached hydrogens (tertiary/aromatic N) is 1. The smallest absolute Gasteiger partial charge is 0.315 e. The van der Waals surface area contributed by atoms with Gasteiger partial charge < -0.3 is 20.9 Å². The second-order valence-electron chi connectivity index (χ2n) is 6.23. The quantitative estimate of drug-likeness (QED) is 0.655. The highest BCUT2D eigenvalue weighted by Crippen LogP contribution is 2.12. The van der Waals surface area contributed by atoms with Crippen molar-refractivity contribution < 1.29 is 9.59 Å². The van der Waals surface area contributed by atoms with Gasteiger partial charge in [0.05, 0.1) is 6.54 Å². The van der Waals surface area contributed by atoms with Crippen LogP contribution in [0.2, 0.25) is 5.02 Å². The molecule has 3 amide bonds. The van der Waals surface area contributed by atoms with Gasteiger partial charge in [-0.25, -0.2) is 4.79 Å². The Morgan fingerprint density at radius 3 is 2.46 bits per heavy atom. The fourth-order valence-corrected chi connectivity index (χ4v) is 3.10. The molecule has 3 N–H and O–H groups in total. The second kappa shape index (κ2) is 12.0. The van der Waals surface area contributed by atoms with Gasteiger partial charge >= 0.3 is 6.03 Å². The average Bonchev–Trinajstić information content (AvgIpc) is 2.64. The van der Waals surface area contributed by atoms with Crippen molar-refractivity contribution in [1.82, 2.24) is 20.9 Å². The van der Waals surface area contributed by atoms with Crippen molar-refractivity contribution in [3.05, 3.63) is 34.9 Å². The van der Waals surface area contributed by atoms with Crippen LogP contribution < -0.4 is 16.0 Å². The molecule has 0 spiro atoms. The lowest BCUT2D eigenvalue weighted by atomic mass is 10.0. The first-order valence-corrected chi connectivity index (χ1v) is 9.24. The molecular weight excluding hydrogens is 375 g/mol. The average molecular weight is 403 g/mol. The highest BCUT2D eigenvalue weighted by atomic mass is 35.5. The van der Waals surface area contributed by atoms with E-state index < -0.39 is 0 Å². The summed E-state index contributed by atoms with van der Waals surface area (Å²) in [6, 6.07) is 7.20. The topological polar surface area (TPSA) is 73.5 Å². The van der Waals surface area contributed by atoms with Crippen LogP contribution in [0, 0.1) is 0 Å². The third kappa shape index (κ3) is 7.40. The maximum Gasteiger partial charge on any atom is 0.315 e. The number of rotatable bonds is 7. The minimum Gasteiger partial charge on any atom is -0.338 e. The Morgan fingerprint density at radius 1 is 1.19 bits per heavy atom. The van der Waals surface area contributed by atoms with Crippen LogP contribution in [0.15, 0.2) is 24.3 Å². The first-order chi connectivity index (χ1) is 12.1. The molecule has 0 aliphatic carbocycles. The third-order valence-electron chi connectivity index (χ3n) is 4.30. The number of piperidine rings is 1. The van der Waals surface area contributed by atoms with E-state index >= 15 is 0 Å². The normalized spacial score (nSPS) is 14.2. The van der Waals surface area contributed by atoms with Crippen molar-refractivity contribution >= 4 is 35.9 Å². The zero-order chi connectivity index (χ0) is 18.1. The second-order valence-corrected chi connectivity index (χ2v) is 6.67. The van der Waals surface area contributed by atoms with Crippen molar-refractivity contribution in [3.63, 3.8) is 0 Å². The lowest BCUT2D eigenvalue weighted by molar-refractivity contribution is -0.133. The minimum atomic E-state index is -0.343. The molecule has 1 saturated heterocycles. The highest BCUT2D eigenvalue weighted by Gasteiger charge is 2.24. The van der Waals surface area contributed by atoms with Crippen molar-refractivity contribution in [2.45, 2.75) is 38.8 Å². The van der Waals surface area contributed by atoms with Crippen LogP contribution in [-0.2, 0) is 11.3 Å². The standard InChI is InChI=1S/C18H27ClN4O2.ClH/c1-2-11-23(16-7-9-20-10-8-16)17(24)13-22-18(25)21-12-14-3-5-15(19)6-4-14;/h3-6,16,20H,2,7-13H2,1H3,(H2,21,22,25);1H. The molecule has 8 heteroatoms. The fourth-order valence-electron chi connectivity index (χ4n) is 2.97. The molecule has 1 fully saturated rings. The van der Waals surface area contributed by atoms with Gasteiger partial charge in [-0.15, -0.1) is 12.4 Å². The Hall–Kier alpha value is -1.50. The SMILES string of the molecule is CCCN(C(=O)CNC(=O)NCc1ccc(Cl)cc1)C1CCNCC1.Cl. The molecule has 0 saturated carbocycles. The van der Waals surface area contributed by atoms with E-state index in [0.717, 1.165) is 44.5 Å². The molecule has 1 aliphatic rings. The molecular formula is C18H28Cl2N4O2. The first kappa shape index (κ1) is 22.5. The molecule has 1 aliphatic heterocycles. The number of hydrogen-bond donors (Lipinski definition) is 3. The molecule has 26 heavy (non-hydrogen) atoms. The maximum absolute atomic E-state index is 12.5. The lowest BCUT2D eigenvalue weighted by Gasteiger charge is -2.34.